The molecule has 52 heavy (non-hydrogen) atoms. The third-order valence-corrected chi connectivity index (χ3v) is 8.14. The summed E-state index contributed by atoms with van der Waals surface area (Å²) >= 11 is 0. The van der Waals surface area contributed by atoms with Crippen LogP contribution < -0.4 is 18.9 Å². The van der Waals surface area contributed by atoms with Crippen LogP contribution >= 0.6 is 0 Å². The van der Waals surface area contributed by atoms with Gasteiger partial charge < -0.3 is 18.9 Å². The van der Waals surface area contributed by atoms with Gasteiger partial charge in [-0.2, -0.15) is 20.8 Å². The van der Waals surface area contributed by atoms with Gasteiger partial charge in [0.2, 0.25) is 0 Å². The minimum atomic E-state index is -1.42. The zero-order valence-corrected chi connectivity index (χ0v) is 30.6. The molecule has 0 spiro atoms. The van der Waals surface area contributed by atoms with E-state index < -0.39 is 23.0 Å². The maximum Gasteiger partial charge on any atom is 0.338 e. The fraction of sp³-hybridized carbons (Fsp3) is 0.238. The van der Waals surface area contributed by atoms with Crippen LogP contribution in [0.4, 0.5) is 0 Å². The number of nitriles is 2. The van der Waals surface area contributed by atoms with Gasteiger partial charge in [0.1, 0.15) is 34.5 Å². The van der Waals surface area contributed by atoms with Gasteiger partial charge in [0.15, 0.2) is 11.1 Å². The maximum absolute atomic E-state index is 11.8. The van der Waals surface area contributed by atoms with Crippen LogP contribution in [-0.2, 0) is 20.7 Å². The smallest absolute Gasteiger partial charge is 0.338 e. The van der Waals surface area contributed by atoms with E-state index in [1.807, 2.05) is 52.0 Å². The van der Waals surface area contributed by atoms with Crippen molar-refractivity contribution in [2.24, 2.45) is 10.2 Å². The molecule has 4 aromatic rings. The summed E-state index contributed by atoms with van der Waals surface area (Å²) in [5.41, 5.74) is 1.97. The topological polar surface area (TPSA) is 143 Å². The average molecular weight is 697 g/mol. The lowest BCUT2D eigenvalue weighted by Gasteiger charge is -2.23. The standard InChI is InChI=1S/C42H40N4O6/c1-25(2)39(47)51-35-15-11-33(12-16-35)49-37-27(5)19-31(20-28(37)6)41(9,23-43)45-46-42(10,24-44)32-21-29(7)38(30(8)22-32)50-34-13-17-36(18-14-34)52-40(48)26(3)4/h11-22H,1,3H2,2,4-10H3. The molecule has 264 valence electrons. The molecular formula is C42H40N4O6. The number of ether oxygens (including phenoxy) is 4. The first kappa shape index (κ1) is 38.3. The van der Waals surface area contributed by atoms with Crippen LogP contribution in [0.1, 0.15) is 61.1 Å². The molecule has 0 aromatic heterocycles. The van der Waals surface area contributed by atoms with Gasteiger partial charge in [0, 0.05) is 11.1 Å². The molecule has 10 nitrogen and oxygen atoms in total. The van der Waals surface area contributed by atoms with E-state index in [1.165, 1.54) is 0 Å². The highest BCUT2D eigenvalue weighted by Gasteiger charge is 2.33. The Labute approximate surface area is 304 Å². The van der Waals surface area contributed by atoms with Crippen LogP contribution in [-0.4, -0.2) is 11.9 Å². The third kappa shape index (κ3) is 8.79. The summed E-state index contributed by atoms with van der Waals surface area (Å²) in [6.07, 6.45) is 0. The Morgan fingerprint density at radius 3 is 1.10 bits per heavy atom. The lowest BCUT2D eigenvalue weighted by atomic mass is 9.90. The Morgan fingerprint density at radius 1 is 0.577 bits per heavy atom. The summed E-state index contributed by atoms with van der Waals surface area (Å²) in [4.78, 5) is 23.6. The Hall–Kier alpha value is -6.52. The summed E-state index contributed by atoms with van der Waals surface area (Å²) < 4.78 is 22.8. The van der Waals surface area contributed by atoms with Gasteiger partial charge in [-0.05, 0) is 162 Å². The van der Waals surface area contributed by atoms with E-state index in [2.05, 4.69) is 35.5 Å². The van der Waals surface area contributed by atoms with Gasteiger partial charge in [-0.1, -0.05) is 13.2 Å². The summed E-state index contributed by atoms with van der Waals surface area (Å²) in [5.74, 6) is 1.97. The summed E-state index contributed by atoms with van der Waals surface area (Å²) in [6, 6.07) is 25.1. The molecule has 0 N–H and O–H groups in total. The molecule has 4 rings (SSSR count). The van der Waals surface area contributed by atoms with Crippen molar-refractivity contribution in [3.05, 3.63) is 130 Å². The number of azo groups is 1. The first-order valence-electron chi connectivity index (χ1n) is 16.3. The molecule has 0 bridgehead atoms. The Balaban J connectivity index is 1.55. The molecule has 2 atom stereocenters. The molecule has 0 aliphatic heterocycles. The monoisotopic (exact) mass is 696 g/mol. The molecule has 10 heteroatoms. The molecule has 0 aliphatic rings. The second-order valence-electron chi connectivity index (χ2n) is 12.9. The van der Waals surface area contributed by atoms with Gasteiger partial charge in [-0.15, -0.1) is 0 Å². The van der Waals surface area contributed by atoms with Crippen molar-refractivity contribution in [3.8, 4) is 46.6 Å². The Bertz CT molecular complexity index is 1970. The van der Waals surface area contributed by atoms with Gasteiger partial charge >= 0.3 is 11.9 Å². The predicted octanol–water partition coefficient (Wildman–Crippen LogP) is 10.1. The SMILES string of the molecule is C=C(C)C(=O)Oc1ccc(Oc2c(C)cc(C(C)(C#N)N=NC(C)(C#N)c3cc(C)c(Oc4ccc(OC(=O)C(=C)C)cc4)c(C)c3)cc2C)cc1. The van der Waals surface area contributed by atoms with Gasteiger partial charge in [0.25, 0.3) is 0 Å². The van der Waals surface area contributed by atoms with Crippen LogP contribution in [0.5, 0.6) is 34.5 Å². The zero-order valence-electron chi connectivity index (χ0n) is 30.6. The van der Waals surface area contributed by atoms with Crippen LogP contribution in [0.15, 0.2) is 107 Å². The molecule has 4 aromatic carbocycles. The first-order chi connectivity index (χ1) is 24.5. The number of nitrogens with zero attached hydrogens (tertiary/aromatic N) is 4. The van der Waals surface area contributed by atoms with E-state index in [-0.39, 0.29) is 0 Å². The highest BCUT2D eigenvalue weighted by molar-refractivity contribution is 5.89. The fourth-order valence-corrected chi connectivity index (χ4v) is 5.05. The molecule has 2 unspecified atom stereocenters. The number of carbonyl (C=O) groups is 2. The minimum Gasteiger partial charge on any atom is -0.457 e. The normalized spacial score (nSPS) is 13.1. The van der Waals surface area contributed by atoms with Crippen LogP contribution in [0.2, 0.25) is 0 Å². The maximum atomic E-state index is 11.8. The van der Waals surface area contributed by atoms with E-state index in [9.17, 15) is 20.1 Å². The highest BCUT2D eigenvalue weighted by Crippen LogP contribution is 2.39. The molecule has 0 saturated heterocycles. The number of hydrogen-bond donors (Lipinski definition) is 0. The van der Waals surface area contributed by atoms with Crippen molar-refractivity contribution in [2.75, 3.05) is 0 Å². The van der Waals surface area contributed by atoms with Crippen LogP contribution in [0.3, 0.4) is 0 Å². The van der Waals surface area contributed by atoms with Crippen molar-refractivity contribution < 1.29 is 28.5 Å². The lowest BCUT2D eigenvalue weighted by molar-refractivity contribution is -0.130. The lowest BCUT2D eigenvalue weighted by Crippen LogP contribution is -2.21. The zero-order chi connectivity index (χ0) is 38.4. The largest absolute Gasteiger partial charge is 0.457 e. The number of hydrogen-bond acceptors (Lipinski definition) is 10. The van der Waals surface area contributed by atoms with Gasteiger partial charge in [0.05, 0.1) is 12.1 Å². The van der Waals surface area contributed by atoms with E-state index in [0.717, 1.165) is 22.3 Å². The van der Waals surface area contributed by atoms with Crippen LogP contribution in [0.25, 0.3) is 0 Å². The predicted molar refractivity (Wildman–Crippen MR) is 197 cm³/mol. The van der Waals surface area contributed by atoms with Gasteiger partial charge in [-0.25, -0.2) is 9.59 Å². The summed E-state index contributed by atoms with van der Waals surface area (Å²) in [5, 5.41) is 29.6. The molecule has 0 radical (unpaired) electrons. The van der Waals surface area contributed by atoms with E-state index in [0.29, 0.717) is 56.8 Å². The Kier molecular flexibility index (Phi) is 11.5. The van der Waals surface area contributed by atoms with Crippen molar-refractivity contribution in [2.45, 2.75) is 66.5 Å². The van der Waals surface area contributed by atoms with Crippen molar-refractivity contribution in [3.63, 3.8) is 0 Å². The number of aryl methyl sites for hydroxylation is 4. The molecular weight excluding hydrogens is 656 g/mol. The second kappa shape index (κ2) is 15.6. The molecule has 0 fully saturated rings. The fourth-order valence-electron chi connectivity index (χ4n) is 5.05. The first-order valence-corrected chi connectivity index (χ1v) is 16.3. The number of benzene rings is 4. The molecule has 0 amide bonds. The second-order valence-corrected chi connectivity index (χ2v) is 12.9. The van der Waals surface area contributed by atoms with Gasteiger partial charge in [-0.3, -0.25) is 0 Å². The molecule has 0 aliphatic carbocycles. The van der Waals surface area contributed by atoms with E-state index >= 15 is 0 Å². The van der Waals surface area contributed by atoms with E-state index in [4.69, 9.17) is 18.9 Å². The summed E-state index contributed by atoms with van der Waals surface area (Å²) in [7, 11) is 0. The third-order valence-electron chi connectivity index (χ3n) is 8.14. The highest BCUT2D eigenvalue weighted by atomic mass is 16.5. The minimum absolute atomic E-state index is 0.296. The van der Waals surface area contributed by atoms with Crippen molar-refractivity contribution >= 4 is 11.9 Å². The average Bonchev–Trinajstić information content (AvgIpc) is 3.11. The molecule has 0 saturated carbocycles. The quantitative estimate of drug-likeness (QED) is 0.0616. The molecule has 0 heterocycles. The Morgan fingerprint density at radius 2 is 0.846 bits per heavy atom. The van der Waals surface area contributed by atoms with Crippen molar-refractivity contribution in [1.29, 1.82) is 10.5 Å². The number of esters is 2. The van der Waals surface area contributed by atoms with Crippen LogP contribution in [0, 0.1) is 50.4 Å². The van der Waals surface area contributed by atoms with E-state index in [1.54, 1.807) is 76.2 Å². The number of carbonyl (C=O) groups excluding carboxylic acids is 2. The van der Waals surface area contributed by atoms with Crippen molar-refractivity contribution in [1.82, 2.24) is 0 Å². The number of rotatable bonds is 12. The summed E-state index contributed by atoms with van der Waals surface area (Å²) in [6.45, 7) is 21.1.